The molecule has 0 spiro atoms. The standard InChI is InChI=1S/C16H20ClN3OS/c1-4-7-14-18-19-15(22-14)10-20(16(21)12(3)17)13-9-6-5-8-11(13)2/h5-6,8-9,12H,4,7,10H2,1-3H3. The van der Waals surface area contributed by atoms with Crippen molar-refractivity contribution in [2.24, 2.45) is 0 Å². The van der Waals surface area contributed by atoms with E-state index in [4.69, 9.17) is 11.6 Å². The van der Waals surface area contributed by atoms with Crippen LogP contribution in [0.2, 0.25) is 0 Å². The highest BCUT2D eigenvalue weighted by atomic mass is 35.5. The van der Waals surface area contributed by atoms with Gasteiger partial charge in [-0.15, -0.1) is 21.8 Å². The molecular formula is C16H20ClN3OS. The van der Waals surface area contributed by atoms with Crippen molar-refractivity contribution in [2.45, 2.75) is 45.5 Å². The van der Waals surface area contributed by atoms with Crippen LogP contribution in [0.1, 0.15) is 35.8 Å². The number of hydrogen-bond acceptors (Lipinski definition) is 4. The van der Waals surface area contributed by atoms with Gasteiger partial charge in [-0.1, -0.05) is 36.5 Å². The Labute approximate surface area is 140 Å². The van der Waals surface area contributed by atoms with Gasteiger partial charge in [-0.25, -0.2) is 0 Å². The van der Waals surface area contributed by atoms with Gasteiger partial charge < -0.3 is 4.90 Å². The molecule has 0 bridgehead atoms. The number of benzene rings is 1. The molecule has 0 saturated carbocycles. The zero-order chi connectivity index (χ0) is 16.1. The highest BCUT2D eigenvalue weighted by molar-refractivity contribution is 7.11. The number of anilines is 1. The fourth-order valence-corrected chi connectivity index (χ4v) is 3.22. The Bertz CT molecular complexity index is 642. The Morgan fingerprint density at radius 1 is 1.32 bits per heavy atom. The van der Waals surface area contributed by atoms with E-state index >= 15 is 0 Å². The molecule has 0 aliphatic carbocycles. The van der Waals surface area contributed by atoms with Crippen LogP contribution in [-0.4, -0.2) is 21.5 Å². The first kappa shape index (κ1) is 16.9. The maximum Gasteiger partial charge on any atom is 0.245 e. The number of rotatable bonds is 6. The molecule has 4 nitrogen and oxygen atoms in total. The molecule has 1 atom stereocenters. The molecule has 0 radical (unpaired) electrons. The smallest absolute Gasteiger partial charge is 0.245 e. The van der Waals surface area contributed by atoms with Gasteiger partial charge in [-0.3, -0.25) is 4.79 Å². The van der Waals surface area contributed by atoms with Crippen LogP contribution in [0.4, 0.5) is 5.69 Å². The molecule has 0 aliphatic heterocycles. The number of nitrogens with zero attached hydrogens (tertiary/aromatic N) is 3. The molecule has 6 heteroatoms. The van der Waals surface area contributed by atoms with E-state index in [-0.39, 0.29) is 5.91 Å². The molecule has 118 valence electrons. The topological polar surface area (TPSA) is 46.1 Å². The first-order chi connectivity index (χ1) is 10.5. The van der Waals surface area contributed by atoms with Gasteiger partial charge >= 0.3 is 0 Å². The lowest BCUT2D eigenvalue weighted by Crippen LogP contribution is -2.35. The van der Waals surface area contributed by atoms with Crippen LogP contribution in [0.3, 0.4) is 0 Å². The first-order valence-corrected chi connectivity index (χ1v) is 8.60. The van der Waals surface area contributed by atoms with E-state index in [1.54, 1.807) is 23.2 Å². The molecule has 0 aliphatic rings. The second kappa shape index (κ2) is 7.70. The number of halogens is 1. The molecule has 1 heterocycles. The van der Waals surface area contributed by atoms with Crippen LogP contribution in [0, 0.1) is 6.92 Å². The molecule has 1 aromatic heterocycles. The molecule has 22 heavy (non-hydrogen) atoms. The fourth-order valence-electron chi connectivity index (χ4n) is 2.17. The van der Waals surface area contributed by atoms with Crippen molar-refractivity contribution in [1.29, 1.82) is 0 Å². The molecule has 2 aromatic rings. The van der Waals surface area contributed by atoms with Crippen LogP contribution in [0.5, 0.6) is 0 Å². The largest absolute Gasteiger partial charge is 0.304 e. The van der Waals surface area contributed by atoms with E-state index in [9.17, 15) is 4.79 Å². The van der Waals surface area contributed by atoms with Gasteiger partial charge in [0.2, 0.25) is 5.91 Å². The lowest BCUT2D eigenvalue weighted by atomic mass is 10.1. The first-order valence-electron chi connectivity index (χ1n) is 7.35. The number of aromatic nitrogens is 2. The minimum Gasteiger partial charge on any atom is -0.304 e. The van der Waals surface area contributed by atoms with E-state index < -0.39 is 5.38 Å². The third-order valence-electron chi connectivity index (χ3n) is 3.28. The molecular weight excluding hydrogens is 318 g/mol. The quantitative estimate of drug-likeness (QED) is 0.749. The van der Waals surface area contributed by atoms with E-state index in [1.165, 1.54) is 0 Å². The predicted octanol–water partition coefficient (Wildman–Crippen LogP) is 3.96. The average molecular weight is 338 g/mol. The van der Waals surface area contributed by atoms with Crippen LogP contribution in [-0.2, 0) is 17.8 Å². The van der Waals surface area contributed by atoms with Crippen LogP contribution in [0.25, 0.3) is 0 Å². The second-order valence-corrected chi connectivity index (χ2v) is 6.97. The number of para-hydroxylation sites is 1. The molecule has 2 rings (SSSR count). The van der Waals surface area contributed by atoms with Gasteiger partial charge in [0.1, 0.15) is 15.4 Å². The average Bonchev–Trinajstić information content (AvgIpc) is 2.93. The van der Waals surface area contributed by atoms with E-state index in [1.807, 2.05) is 31.2 Å². The van der Waals surface area contributed by atoms with Crippen molar-refractivity contribution < 1.29 is 4.79 Å². The molecule has 1 amide bonds. The van der Waals surface area contributed by atoms with Gasteiger partial charge in [0.15, 0.2) is 0 Å². The lowest BCUT2D eigenvalue weighted by Gasteiger charge is -2.24. The Balaban J connectivity index is 2.28. The van der Waals surface area contributed by atoms with Gasteiger partial charge in [-0.05, 0) is 31.9 Å². The maximum absolute atomic E-state index is 12.5. The second-order valence-electron chi connectivity index (χ2n) is 5.17. The number of amides is 1. The number of hydrogen-bond donors (Lipinski definition) is 0. The summed E-state index contributed by atoms with van der Waals surface area (Å²) in [5.41, 5.74) is 1.90. The number of carbonyl (C=O) groups excluding carboxylic acids is 1. The summed E-state index contributed by atoms with van der Waals surface area (Å²) in [4.78, 5) is 14.2. The fraction of sp³-hybridized carbons (Fsp3) is 0.438. The van der Waals surface area contributed by atoms with Crippen molar-refractivity contribution in [1.82, 2.24) is 10.2 Å². The van der Waals surface area contributed by atoms with Crippen molar-refractivity contribution in [3.8, 4) is 0 Å². The Morgan fingerprint density at radius 2 is 2.00 bits per heavy atom. The van der Waals surface area contributed by atoms with Gasteiger partial charge in [0, 0.05) is 12.1 Å². The van der Waals surface area contributed by atoms with Crippen LogP contribution in [0.15, 0.2) is 24.3 Å². The zero-order valence-electron chi connectivity index (χ0n) is 13.0. The summed E-state index contributed by atoms with van der Waals surface area (Å²) in [5.74, 6) is -0.122. The summed E-state index contributed by atoms with van der Waals surface area (Å²) in [7, 11) is 0. The van der Waals surface area contributed by atoms with Crippen molar-refractivity contribution in [3.05, 3.63) is 39.8 Å². The molecule has 0 fully saturated rings. The van der Waals surface area contributed by atoms with Gasteiger partial charge in [0.05, 0.1) is 6.54 Å². The van der Waals surface area contributed by atoms with Crippen molar-refractivity contribution >= 4 is 34.5 Å². The van der Waals surface area contributed by atoms with E-state index in [0.29, 0.717) is 6.54 Å². The summed E-state index contributed by atoms with van der Waals surface area (Å²) in [6.45, 7) is 6.19. The minimum atomic E-state index is -0.581. The third kappa shape index (κ3) is 4.05. The van der Waals surface area contributed by atoms with Gasteiger partial charge in [-0.2, -0.15) is 0 Å². The summed E-state index contributed by atoms with van der Waals surface area (Å²) >= 11 is 7.58. The summed E-state index contributed by atoms with van der Waals surface area (Å²) in [5, 5.41) is 9.64. The molecule has 0 N–H and O–H groups in total. The number of alkyl halides is 1. The molecule has 0 saturated heterocycles. The summed E-state index contributed by atoms with van der Waals surface area (Å²) < 4.78 is 0. The Hall–Kier alpha value is -1.46. The number of carbonyl (C=O) groups is 1. The maximum atomic E-state index is 12.5. The lowest BCUT2D eigenvalue weighted by molar-refractivity contribution is -0.118. The molecule has 1 aromatic carbocycles. The summed E-state index contributed by atoms with van der Waals surface area (Å²) in [6.07, 6.45) is 1.95. The van der Waals surface area contributed by atoms with Gasteiger partial charge in [0.25, 0.3) is 0 Å². The predicted molar refractivity (Wildman–Crippen MR) is 91.6 cm³/mol. The third-order valence-corrected chi connectivity index (χ3v) is 4.43. The Kier molecular flexibility index (Phi) is 5.91. The normalized spacial score (nSPS) is 12.2. The zero-order valence-corrected chi connectivity index (χ0v) is 14.6. The highest BCUT2D eigenvalue weighted by Gasteiger charge is 2.23. The van der Waals surface area contributed by atoms with Crippen LogP contribution >= 0.6 is 22.9 Å². The van der Waals surface area contributed by atoms with E-state index in [0.717, 1.165) is 34.1 Å². The SMILES string of the molecule is CCCc1nnc(CN(C(=O)C(C)Cl)c2ccccc2C)s1. The van der Waals surface area contributed by atoms with Crippen LogP contribution < -0.4 is 4.90 Å². The van der Waals surface area contributed by atoms with E-state index in [2.05, 4.69) is 17.1 Å². The highest BCUT2D eigenvalue weighted by Crippen LogP contribution is 2.24. The Morgan fingerprint density at radius 3 is 2.64 bits per heavy atom. The molecule has 1 unspecified atom stereocenters. The minimum absolute atomic E-state index is 0.122. The summed E-state index contributed by atoms with van der Waals surface area (Å²) in [6, 6.07) is 7.79. The monoisotopic (exact) mass is 337 g/mol. The number of aryl methyl sites for hydroxylation is 2. The van der Waals surface area contributed by atoms with Crippen molar-refractivity contribution in [2.75, 3.05) is 4.90 Å². The van der Waals surface area contributed by atoms with Crippen molar-refractivity contribution in [3.63, 3.8) is 0 Å².